The molecule has 0 aliphatic rings. The largest absolute Gasteiger partial charge is 0.466 e. The van der Waals surface area contributed by atoms with Crippen molar-refractivity contribution >= 4 is 12.0 Å². The van der Waals surface area contributed by atoms with Crippen molar-refractivity contribution in [3.05, 3.63) is 12.3 Å². The molecule has 0 aromatic heterocycles. The predicted molar refractivity (Wildman–Crippen MR) is 29.3 cm³/mol. The molecule has 0 saturated heterocycles. The average Bonchev–Trinajstić information content (AvgIpc) is 1.89. The van der Waals surface area contributed by atoms with E-state index in [1.165, 1.54) is 13.2 Å². The van der Waals surface area contributed by atoms with Crippen molar-refractivity contribution in [2.45, 2.75) is 0 Å². The molecule has 0 heterocycles. The summed E-state index contributed by atoms with van der Waals surface area (Å²) < 4.78 is 4.18. The molecule has 0 N–H and O–H groups in total. The summed E-state index contributed by atoms with van der Waals surface area (Å²) in [7, 11) is 1.23. The van der Waals surface area contributed by atoms with Gasteiger partial charge < -0.3 is 4.74 Å². The first-order valence-electron chi connectivity index (χ1n) is 2.12. The lowest BCUT2D eigenvalue weighted by atomic mass is 10.6. The van der Waals surface area contributed by atoms with Gasteiger partial charge >= 0.3 is 5.97 Å². The standard InChI is InChI=1S/C5H5NO3/c1-9-5(8)2-3-6-4-7/h2-3H,1H3. The highest BCUT2D eigenvalue weighted by atomic mass is 16.5. The van der Waals surface area contributed by atoms with Gasteiger partial charge in [-0.2, -0.15) is 4.99 Å². The van der Waals surface area contributed by atoms with E-state index in [1.54, 1.807) is 0 Å². The van der Waals surface area contributed by atoms with Crippen LogP contribution in [0.25, 0.3) is 0 Å². The van der Waals surface area contributed by atoms with Crippen LogP contribution in [0.4, 0.5) is 0 Å². The lowest BCUT2D eigenvalue weighted by Gasteiger charge is -1.84. The maximum absolute atomic E-state index is 10.2. The monoisotopic (exact) mass is 127 g/mol. The van der Waals surface area contributed by atoms with E-state index < -0.39 is 5.97 Å². The van der Waals surface area contributed by atoms with Gasteiger partial charge in [0.25, 0.3) is 0 Å². The Kier molecular flexibility index (Phi) is 4.00. The highest BCUT2D eigenvalue weighted by molar-refractivity contribution is 5.81. The molecule has 4 nitrogen and oxygen atoms in total. The molecule has 0 atom stereocenters. The zero-order chi connectivity index (χ0) is 7.11. The van der Waals surface area contributed by atoms with Crippen molar-refractivity contribution in [3.8, 4) is 0 Å². The highest BCUT2D eigenvalue weighted by Gasteiger charge is 1.86. The van der Waals surface area contributed by atoms with Crippen LogP contribution < -0.4 is 0 Å². The number of hydrogen-bond acceptors (Lipinski definition) is 4. The van der Waals surface area contributed by atoms with E-state index in [4.69, 9.17) is 0 Å². The molecule has 0 aromatic rings. The summed E-state index contributed by atoms with van der Waals surface area (Å²) >= 11 is 0. The number of hydrogen-bond donors (Lipinski definition) is 0. The van der Waals surface area contributed by atoms with Gasteiger partial charge in [-0.3, -0.25) is 0 Å². The molecule has 0 fully saturated rings. The van der Waals surface area contributed by atoms with E-state index in [2.05, 4.69) is 9.73 Å². The normalized spacial score (nSPS) is 8.56. The quantitative estimate of drug-likeness (QED) is 0.227. The molecule has 0 aromatic carbocycles. The van der Waals surface area contributed by atoms with Crippen LogP contribution in [-0.4, -0.2) is 19.2 Å². The van der Waals surface area contributed by atoms with Gasteiger partial charge in [0.15, 0.2) is 0 Å². The molecule has 0 aliphatic carbocycles. The number of carbonyl (C=O) groups excluding carboxylic acids is 2. The number of isocyanates is 1. The van der Waals surface area contributed by atoms with Crippen molar-refractivity contribution in [1.29, 1.82) is 0 Å². The minimum absolute atomic E-state index is 0.547. The average molecular weight is 127 g/mol. The van der Waals surface area contributed by atoms with E-state index in [0.29, 0.717) is 0 Å². The van der Waals surface area contributed by atoms with E-state index >= 15 is 0 Å². The Morgan fingerprint density at radius 2 is 2.44 bits per heavy atom. The number of rotatable bonds is 2. The summed E-state index contributed by atoms with van der Waals surface area (Å²) in [6.07, 6.45) is 3.26. The lowest BCUT2D eigenvalue weighted by Crippen LogP contribution is -1.92. The van der Waals surface area contributed by atoms with Gasteiger partial charge in [-0.25, -0.2) is 9.59 Å². The summed E-state index contributed by atoms with van der Waals surface area (Å²) in [5, 5.41) is 0. The van der Waals surface area contributed by atoms with Gasteiger partial charge in [0.2, 0.25) is 6.08 Å². The topological polar surface area (TPSA) is 55.7 Å². The van der Waals surface area contributed by atoms with Crippen molar-refractivity contribution in [2.24, 2.45) is 4.99 Å². The van der Waals surface area contributed by atoms with Gasteiger partial charge in [0.1, 0.15) is 0 Å². The molecule has 0 radical (unpaired) electrons. The Balaban J connectivity index is 3.70. The second-order valence-corrected chi connectivity index (χ2v) is 1.06. The van der Waals surface area contributed by atoms with Crippen LogP contribution in [-0.2, 0) is 14.3 Å². The molecule has 0 rings (SSSR count). The number of ether oxygens (including phenoxy) is 1. The Hall–Kier alpha value is -1.41. The SMILES string of the molecule is COC(=O)C=CN=C=O. The smallest absolute Gasteiger partial charge is 0.332 e. The minimum atomic E-state index is -0.547. The molecule has 0 bridgehead atoms. The molecule has 0 spiro atoms. The zero-order valence-electron chi connectivity index (χ0n) is 4.83. The number of esters is 1. The maximum Gasteiger partial charge on any atom is 0.332 e. The van der Waals surface area contributed by atoms with Crippen LogP contribution in [0, 0.1) is 0 Å². The van der Waals surface area contributed by atoms with Crippen LogP contribution in [0.5, 0.6) is 0 Å². The first-order chi connectivity index (χ1) is 4.31. The number of aliphatic imine (C=N–C) groups is 1. The second-order valence-electron chi connectivity index (χ2n) is 1.06. The van der Waals surface area contributed by atoms with Gasteiger partial charge in [0, 0.05) is 12.3 Å². The Morgan fingerprint density at radius 3 is 2.89 bits per heavy atom. The molecule has 4 heteroatoms. The summed E-state index contributed by atoms with van der Waals surface area (Å²) in [6, 6.07) is 0. The fourth-order valence-corrected chi connectivity index (χ4v) is 0.197. The highest BCUT2D eigenvalue weighted by Crippen LogP contribution is 1.76. The minimum Gasteiger partial charge on any atom is -0.466 e. The fraction of sp³-hybridized carbons (Fsp3) is 0.200. The van der Waals surface area contributed by atoms with Crippen molar-refractivity contribution in [2.75, 3.05) is 7.11 Å². The van der Waals surface area contributed by atoms with Gasteiger partial charge in [-0.05, 0) is 0 Å². The van der Waals surface area contributed by atoms with E-state index in [0.717, 1.165) is 12.3 Å². The van der Waals surface area contributed by atoms with Crippen LogP contribution in [0.1, 0.15) is 0 Å². The molecule has 0 aliphatic heterocycles. The van der Waals surface area contributed by atoms with E-state index in [9.17, 15) is 9.59 Å². The van der Waals surface area contributed by atoms with Gasteiger partial charge in [-0.15, -0.1) is 0 Å². The Labute approximate surface area is 51.8 Å². The molecule has 0 unspecified atom stereocenters. The first kappa shape index (κ1) is 7.59. The van der Waals surface area contributed by atoms with Gasteiger partial charge in [-0.1, -0.05) is 0 Å². The number of methoxy groups -OCH3 is 1. The number of carbonyl (C=O) groups is 1. The molecule has 9 heavy (non-hydrogen) atoms. The van der Waals surface area contributed by atoms with E-state index in [1.807, 2.05) is 0 Å². The zero-order valence-corrected chi connectivity index (χ0v) is 4.83. The molecular weight excluding hydrogens is 122 g/mol. The summed E-state index contributed by atoms with van der Waals surface area (Å²) in [4.78, 5) is 22.5. The summed E-state index contributed by atoms with van der Waals surface area (Å²) in [5.41, 5.74) is 0. The van der Waals surface area contributed by atoms with E-state index in [-0.39, 0.29) is 0 Å². The third kappa shape index (κ3) is 4.44. The third-order valence-corrected chi connectivity index (χ3v) is 0.539. The number of nitrogens with zero attached hydrogens (tertiary/aromatic N) is 1. The lowest BCUT2D eigenvalue weighted by molar-refractivity contribution is -0.134. The van der Waals surface area contributed by atoms with Crippen molar-refractivity contribution in [3.63, 3.8) is 0 Å². The third-order valence-electron chi connectivity index (χ3n) is 0.539. The predicted octanol–water partition coefficient (Wildman–Crippen LogP) is 0.00890. The van der Waals surface area contributed by atoms with Crippen LogP contribution >= 0.6 is 0 Å². The molecule has 48 valence electrons. The molecular formula is C5H5NO3. The molecule has 0 saturated carbocycles. The van der Waals surface area contributed by atoms with Crippen LogP contribution in [0.2, 0.25) is 0 Å². The van der Waals surface area contributed by atoms with Crippen molar-refractivity contribution < 1.29 is 14.3 Å². The van der Waals surface area contributed by atoms with Crippen LogP contribution in [0.3, 0.4) is 0 Å². The Morgan fingerprint density at radius 1 is 1.78 bits per heavy atom. The van der Waals surface area contributed by atoms with Crippen molar-refractivity contribution in [1.82, 2.24) is 0 Å². The van der Waals surface area contributed by atoms with Crippen LogP contribution in [0.15, 0.2) is 17.3 Å². The van der Waals surface area contributed by atoms with Gasteiger partial charge in [0.05, 0.1) is 7.11 Å². The maximum atomic E-state index is 10.2. The fourth-order valence-electron chi connectivity index (χ4n) is 0.197. The summed E-state index contributed by atoms with van der Waals surface area (Å²) in [6.45, 7) is 0. The second kappa shape index (κ2) is 4.74. The molecule has 0 amide bonds. The first-order valence-corrected chi connectivity index (χ1v) is 2.12. The Bertz CT molecular complexity index is 167. The summed E-state index contributed by atoms with van der Waals surface area (Å²) in [5.74, 6) is -0.547.